The van der Waals surface area contributed by atoms with Gasteiger partial charge in [0, 0.05) is 11.6 Å². The topological polar surface area (TPSA) is 58.6 Å². The number of phenols is 1. The van der Waals surface area contributed by atoms with E-state index in [9.17, 15) is 9.90 Å². The normalized spacial score (nSPS) is 22.9. The minimum atomic E-state index is -0.381. The summed E-state index contributed by atoms with van der Waals surface area (Å²) in [5.41, 5.74) is 3.33. The van der Waals surface area contributed by atoms with Gasteiger partial charge in [0.25, 0.3) is 0 Å². The van der Waals surface area contributed by atoms with E-state index in [-0.39, 0.29) is 18.1 Å². The number of rotatable bonds is 3. The van der Waals surface area contributed by atoms with Gasteiger partial charge in [0.05, 0.1) is 7.11 Å². The van der Waals surface area contributed by atoms with Crippen molar-refractivity contribution in [2.45, 2.75) is 45.2 Å². The van der Waals surface area contributed by atoms with Gasteiger partial charge in [-0.15, -0.1) is 0 Å². The molecule has 0 aromatic heterocycles. The smallest absolute Gasteiger partial charge is 0.322 e. The number of aromatic hydroxyl groups is 1. The first-order valence-corrected chi connectivity index (χ1v) is 6.62. The second-order valence-corrected chi connectivity index (χ2v) is 5.33. The fourth-order valence-corrected chi connectivity index (χ4v) is 3.04. The van der Waals surface area contributed by atoms with Gasteiger partial charge in [0.1, 0.15) is 11.8 Å². The maximum Gasteiger partial charge on any atom is 0.322 e. The third-order valence-electron chi connectivity index (χ3n) is 3.92. The number of esters is 1. The molecule has 1 aliphatic rings. The first kappa shape index (κ1) is 13.9. The second-order valence-electron chi connectivity index (χ2n) is 5.33. The molecule has 0 bridgehead atoms. The molecule has 1 aliphatic carbocycles. The molecule has 2 rings (SSSR count). The molecule has 1 aromatic rings. The van der Waals surface area contributed by atoms with Crippen LogP contribution in [0.5, 0.6) is 5.75 Å². The largest absolute Gasteiger partial charge is 0.508 e. The lowest BCUT2D eigenvalue weighted by molar-refractivity contribution is -0.142. The highest BCUT2D eigenvalue weighted by Gasteiger charge is 2.33. The maximum absolute atomic E-state index is 11.5. The van der Waals surface area contributed by atoms with E-state index in [1.165, 1.54) is 18.2 Å². The van der Waals surface area contributed by atoms with Gasteiger partial charge in [0.15, 0.2) is 0 Å². The number of carbonyl (C=O) groups is 1. The number of carbonyl (C=O) groups excluding carboxylic acids is 1. The first-order valence-electron chi connectivity index (χ1n) is 6.62. The summed E-state index contributed by atoms with van der Waals surface area (Å²) in [5.74, 6) is 0.400. The minimum Gasteiger partial charge on any atom is -0.508 e. The van der Waals surface area contributed by atoms with Crippen LogP contribution in [0.3, 0.4) is 0 Å². The van der Waals surface area contributed by atoms with Crippen LogP contribution in [0.25, 0.3) is 0 Å². The Morgan fingerprint density at radius 2 is 2.16 bits per heavy atom. The summed E-state index contributed by atoms with van der Waals surface area (Å²) in [7, 11) is 1.38. The summed E-state index contributed by atoms with van der Waals surface area (Å²) in [6.07, 6.45) is 0.884. The quantitative estimate of drug-likeness (QED) is 0.822. The molecule has 0 saturated heterocycles. The highest BCUT2D eigenvalue weighted by molar-refractivity contribution is 5.75. The number of hydrogen-bond acceptors (Lipinski definition) is 4. The summed E-state index contributed by atoms with van der Waals surface area (Å²) >= 11 is 0. The molecule has 4 heteroatoms. The molecule has 0 saturated carbocycles. The average molecular weight is 263 g/mol. The van der Waals surface area contributed by atoms with Crippen LogP contribution in [0.4, 0.5) is 0 Å². The highest BCUT2D eigenvalue weighted by atomic mass is 16.5. The van der Waals surface area contributed by atoms with Crippen LogP contribution in [-0.2, 0) is 9.53 Å². The molecule has 19 heavy (non-hydrogen) atoms. The Bertz CT molecular complexity index is 498. The molecular formula is C15H21NO3. The van der Waals surface area contributed by atoms with Crippen molar-refractivity contribution in [2.75, 3.05) is 7.11 Å². The number of fused-ring (bicyclic) bond motifs is 1. The summed E-state index contributed by atoms with van der Waals surface area (Å²) in [6.45, 7) is 5.98. The van der Waals surface area contributed by atoms with E-state index in [0.29, 0.717) is 11.7 Å². The second kappa shape index (κ2) is 5.21. The molecule has 4 nitrogen and oxygen atoms in total. The minimum absolute atomic E-state index is 0.000926. The van der Waals surface area contributed by atoms with Crippen molar-refractivity contribution in [1.29, 1.82) is 0 Å². The summed E-state index contributed by atoms with van der Waals surface area (Å²) in [6, 6.07) is 3.28. The van der Waals surface area contributed by atoms with E-state index in [1.54, 1.807) is 13.0 Å². The number of aryl methyl sites for hydroxylation is 1. The van der Waals surface area contributed by atoms with Crippen LogP contribution >= 0.6 is 0 Å². The molecule has 0 radical (unpaired) electrons. The predicted octanol–water partition coefficient (Wildman–Crippen LogP) is 2.40. The van der Waals surface area contributed by atoms with E-state index in [0.717, 1.165) is 12.0 Å². The van der Waals surface area contributed by atoms with Crippen LogP contribution in [0.15, 0.2) is 12.1 Å². The number of ether oxygens (including phenoxy) is 1. The molecule has 2 N–H and O–H groups in total. The maximum atomic E-state index is 11.5. The van der Waals surface area contributed by atoms with Crippen molar-refractivity contribution >= 4 is 5.97 Å². The molecule has 1 aromatic carbocycles. The third-order valence-corrected chi connectivity index (χ3v) is 3.92. The first-order chi connectivity index (χ1) is 8.95. The molecule has 0 spiro atoms. The van der Waals surface area contributed by atoms with Gasteiger partial charge in [-0.05, 0) is 43.4 Å². The van der Waals surface area contributed by atoms with Gasteiger partial charge in [0.2, 0.25) is 0 Å². The Hall–Kier alpha value is -1.55. The molecule has 0 aliphatic heterocycles. The summed E-state index contributed by atoms with van der Waals surface area (Å²) in [4.78, 5) is 11.5. The Kier molecular flexibility index (Phi) is 3.80. The van der Waals surface area contributed by atoms with E-state index < -0.39 is 0 Å². The number of hydrogen-bond donors (Lipinski definition) is 2. The molecule has 0 amide bonds. The zero-order valence-corrected chi connectivity index (χ0v) is 11.9. The van der Waals surface area contributed by atoms with Gasteiger partial charge in [-0.1, -0.05) is 13.0 Å². The van der Waals surface area contributed by atoms with Gasteiger partial charge in [-0.25, -0.2) is 0 Å². The Morgan fingerprint density at radius 3 is 2.79 bits per heavy atom. The third kappa shape index (κ3) is 2.45. The van der Waals surface area contributed by atoms with Crippen molar-refractivity contribution in [3.8, 4) is 5.75 Å². The SMILES string of the molecule is COC(=O)C(C)NC1CC(C)c2c(C)ccc(O)c21. The van der Waals surface area contributed by atoms with Crippen molar-refractivity contribution < 1.29 is 14.6 Å². The summed E-state index contributed by atoms with van der Waals surface area (Å²) in [5, 5.41) is 13.3. The van der Waals surface area contributed by atoms with Crippen LogP contribution in [0.2, 0.25) is 0 Å². The van der Waals surface area contributed by atoms with Gasteiger partial charge in [-0.2, -0.15) is 0 Å². The Labute approximate surface area is 113 Å². The van der Waals surface area contributed by atoms with Gasteiger partial charge < -0.3 is 9.84 Å². The van der Waals surface area contributed by atoms with Crippen molar-refractivity contribution in [3.63, 3.8) is 0 Å². The lowest BCUT2D eigenvalue weighted by Crippen LogP contribution is -2.36. The Morgan fingerprint density at radius 1 is 1.47 bits per heavy atom. The molecule has 3 unspecified atom stereocenters. The van der Waals surface area contributed by atoms with Crippen LogP contribution in [0.1, 0.15) is 48.9 Å². The van der Waals surface area contributed by atoms with Gasteiger partial charge in [-0.3, -0.25) is 10.1 Å². The fourth-order valence-electron chi connectivity index (χ4n) is 3.04. The van der Waals surface area contributed by atoms with E-state index in [4.69, 9.17) is 4.74 Å². The molecule has 3 atom stereocenters. The Balaban J connectivity index is 2.29. The van der Waals surface area contributed by atoms with E-state index in [2.05, 4.69) is 19.2 Å². The highest BCUT2D eigenvalue weighted by Crippen LogP contribution is 2.46. The zero-order chi connectivity index (χ0) is 14.2. The summed E-state index contributed by atoms with van der Waals surface area (Å²) < 4.78 is 4.73. The van der Waals surface area contributed by atoms with E-state index in [1.807, 2.05) is 6.07 Å². The standard InChI is InChI=1S/C15H21NO3/c1-8-5-6-12(17)14-11(7-9(2)13(8)14)16-10(3)15(18)19-4/h5-6,9-11,16-17H,7H2,1-4H3. The lowest BCUT2D eigenvalue weighted by Gasteiger charge is -2.19. The van der Waals surface area contributed by atoms with Gasteiger partial charge >= 0.3 is 5.97 Å². The molecule has 0 heterocycles. The predicted molar refractivity (Wildman–Crippen MR) is 73.2 cm³/mol. The van der Waals surface area contributed by atoms with Crippen LogP contribution in [-0.4, -0.2) is 24.2 Å². The van der Waals surface area contributed by atoms with Crippen molar-refractivity contribution in [1.82, 2.24) is 5.32 Å². The molecule has 104 valence electrons. The number of nitrogens with one attached hydrogen (secondary N) is 1. The number of phenolic OH excluding ortho intramolecular Hbond substituents is 1. The number of benzene rings is 1. The van der Waals surface area contributed by atoms with E-state index >= 15 is 0 Å². The number of methoxy groups -OCH3 is 1. The van der Waals surface area contributed by atoms with Crippen molar-refractivity contribution in [2.24, 2.45) is 0 Å². The molecule has 0 fully saturated rings. The monoisotopic (exact) mass is 263 g/mol. The lowest BCUT2D eigenvalue weighted by atomic mass is 9.97. The van der Waals surface area contributed by atoms with Crippen molar-refractivity contribution in [3.05, 3.63) is 28.8 Å². The van der Waals surface area contributed by atoms with Crippen LogP contribution in [0, 0.1) is 6.92 Å². The van der Waals surface area contributed by atoms with Crippen LogP contribution < -0.4 is 5.32 Å². The fraction of sp³-hybridized carbons (Fsp3) is 0.533. The average Bonchev–Trinajstić information content (AvgIpc) is 2.71. The zero-order valence-electron chi connectivity index (χ0n) is 11.9. The molecular weight excluding hydrogens is 242 g/mol.